The number of aromatic nitrogens is 2. The number of aryl methyl sites for hydroxylation is 2. The minimum Gasteiger partial charge on any atom is -0.477 e. The quantitative estimate of drug-likeness (QED) is 0.889. The first-order chi connectivity index (χ1) is 8.34. The van der Waals surface area contributed by atoms with Gasteiger partial charge in [0.1, 0.15) is 5.82 Å². The molecule has 7 heteroatoms. The average molecular weight is 262 g/mol. The molecule has 0 saturated heterocycles. The summed E-state index contributed by atoms with van der Waals surface area (Å²) in [5.41, 5.74) is 0.266. The fourth-order valence-corrected chi connectivity index (χ4v) is 2.31. The number of imidazole rings is 1. The van der Waals surface area contributed by atoms with Crippen LogP contribution in [-0.2, 0) is 19.4 Å². The number of aromatic carboxylic acids is 1. The number of hydrogen-bond acceptors (Lipinski definition) is 2. The van der Waals surface area contributed by atoms with Crippen molar-refractivity contribution in [3.8, 4) is 0 Å². The molecule has 100 valence electrons. The van der Waals surface area contributed by atoms with Crippen LogP contribution >= 0.6 is 0 Å². The molecule has 1 aliphatic rings. The minimum absolute atomic E-state index is 0.0251. The summed E-state index contributed by atoms with van der Waals surface area (Å²) in [7, 11) is 0. The standard InChI is InChI=1S/C11H13F3N2O2/c1-2-7-9(10(17)18)16-5-6(11(12,13)14)3-4-8(16)15-7/h6H,2-5H2,1H3,(H,17,18). The van der Waals surface area contributed by atoms with Gasteiger partial charge < -0.3 is 9.67 Å². The Morgan fingerprint density at radius 2 is 2.22 bits per heavy atom. The molecule has 0 aromatic carbocycles. The first kappa shape index (κ1) is 12.9. The van der Waals surface area contributed by atoms with Crippen LogP contribution in [0.2, 0.25) is 0 Å². The highest BCUT2D eigenvalue weighted by Crippen LogP contribution is 2.35. The summed E-state index contributed by atoms with van der Waals surface area (Å²) in [5, 5.41) is 9.09. The molecule has 18 heavy (non-hydrogen) atoms. The number of halogens is 3. The van der Waals surface area contributed by atoms with Crippen LogP contribution in [0.1, 0.15) is 35.4 Å². The molecule has 0 fully saturated rings. The van der Waals surface area contributed by atoms with Crippen molar-refractivity contribution in [2.45, 2.75) is 38.9 Å². The summed E-state index contributed by atoms with van der Waals surface area (Å²) >= 11 is 0. The van der Waals surface area contributed by atoms with Gasteiger partial charge in [-0.15, -0.1) is 0 Å². The van der Waals surface area contributed by atoms with Crippen LogP contribution in [0.15, 0.2) is 0 Å². The first-order valence-electron chi connectivity index (χ1n) is 5.72. The second-order valence-electron chi connectivity index (χ2n) is 4.37. The molecule has 1 N–H and O–H groups in total. The predicted octanol–water partition coefficient (Wildman–Crippen LogP) is 2.27. The molecule has 0 spiro atoms. The van der Waals surface area contributed by atoms with E-state index in [9.17, 15) is 18.0 Å². The Bertz CT molecular complexity index is 479. The topological polar surface area (TPSA) is 55.1 Å². The minimum atomic E-state index is -4.29. The molecule has 0 aliphatic carbocycles. The van der Waals surface area contributed by atoms with Gasteiger partial charge in [-0.2, -0.15) is 13.2 Å². The summed E-state index contributed by atoms with van der Waals surface area (Å²) < 4.78 is 39.2. The lowest BCUT2D eigenvalue weighted by Crippen LogP contribution is -2.33. The molecule has 0 saturated carbocycles. The zero-order valence-corrected chi connectivity index (χ0v) is 9.79. The second-order valence-corrected chi connectivity index (χ2v) is 4.37. The number of rotatable bonds is 2. The van der Waals surface area contributed by atoms with Gasteiger partial charge in [0.15, 0.2) is 5.69 Å². The van der Waals surface area contributed by atoms with Crippen molar-refractivity contribution >= 4 is 5.97 Å². The van der Waals surface area contributed by atoms with Gasteiger partial charge in [0.2, 0.25) is 0 Å². The van der Waals surface area contributed by atoms with Gasteiger partial charge in [0.25, 0.3) is 0 Å². The third-order valence-corrected chi connectivity index (χ3v) is 3.24. The van der Waals surface area contributed by atoms with Crippen LogP contribution in [-0.4, -0.2) is 26.8 Å². The molecule has 0 amide bonds. The fourth-order valence-electron chi connectivity index (χ4n) is 2.31. The van der Waals surface area contributed by atoms with Gasteiger partial charge >= 0.3 is 12.1 Å². The highest BCUT2D eigenvalue weighted by atomic mass is 19.4. The van der Waals surface area contributed by atoms with Crippen molar-refractivity contribution in [1.82, 2.24) is 9.55 Å². The van der Waals surface area contributed by atoms with Crippen LogP contribution < -0.4 is 0 Å². The van der Waals surface area contributed by atoms with Crippen LogP contribution in [0, 0.1) is 5.92 Å². The maximum atomic E-state index is 12.7. The van der Waals surface area contributed by atoms with Crippen LogP contribution in [0.3, 0.4) is 0 Å². The highest BCUT2D eigenvalue weighted by molar-refractivity contribution is 5.87. The van der Waals surface area contributed by atoms with E-state index >= 15 is 0 Å². The Kier molecular flexibility index (Phi) is 3.08. The first-order valence-corrected chi connectivity index (χ1v) is 5.72. The zero-order chi connectivity index (χ0) is 13.5. The Morgan fingerprint density at radius 3 is 2.72 bits per heavy atom. The monoisotopic (exact) mass is 262 g/mol. The molecular weight excluding hydrogens is 249 g/mol. The van der Waals surface area contributed by atoms with Crippen molar-refractivity contribution < 1.29 is 23.1 Å². The van der Waals surface area contributed by atoms with E-state index in [-0.39, 0.29) is 25.1 Å². The Morgan fingerprint density at radius 1 is 1.56 bits per heavy atom. The lowest BCUT2D eigenvalue weighted by atomic mass is 9.99. The van der Waals surface area contributed by atoms with E-state index in [0.29, 0.717) is 17.9 Å². The number of alkyl halides is 3. The fraction of sp³-hybridized carbons (Fsp3) is 0.636. The number of hydrogen-bond donors (Lipinski definition) is 1. The summed E-state index contributed by atoms with van der Waals surface area (Å²) in [4.78, 5) is 15.2. The normalized spacial score (nSPS) is 19.7. The molecule has 1 aromatic rings. The summed E-state index contributed by atoms with van der Waals surface area (Å²) in [6.45, 7) is 1.40. The molecule has 1 unspecified atom stereocenters. The SMILES string of the molecule is CCc1nc2n(c1C(=O)O)CC(C(F)(F)F)CC2. The van der Waals surface area contributed by atoms with Gasteiger partial charge in [-0.1, -0.05) is 6.92 Å². The van der Waals surface area contributed by atoms with Crippen molar-refractivity contribution in [2.24, 2.45) is 5.92 Å². The van der Waals surface area contributed by atoms with E-state index in [4.69, 9.17) is 5.11 Å². The number of carboxylic acid groups (broad SMARTS) is 1. The van der Waals surface area contributed by atoms with E-state index in [1.807, 2.05) is 0 Å². The van der Waals surface area contributed by atoms with E-state index < -0.39 is 18.1 Å². The third-order valence-electron chi connectivity index (χ3n) is 3.24. The van der Waals surface area contributed by atoms with Gasteiger partial charge in [-0.25, -0.2) is 9.78 Å². The Balaban J connectivity index is 2.42. The number of carbonyl (C=O) groups is 1. The van der Waals surface area contributed by atoms with Gasteiger partial charge in [0.05, 0.1) is 11.6 Å². The zero-order valence-electron chi connectivity index (χ0n) is 9.79. The second kappa shape index (κ2) is 4.29. The summed E-state index contributed by atoms with van der Waals surface area (Å²) in [5.74, 6) is -2.25. The molecule has 1 aliphatic heterocycles. The van der Waals surface area contributed by atoms with Crippen LogP contribution in [0.4, 0.5) is 13.2 Å². The van der Waals surface area contributed by atoms with Crippen molar-refractivity contribution in [2.75, 3.05) is 0 Å². The van der Waals surface area contributed by atoms with Crippen LogP contribution in [0.5, 0.6) is 0 Å². The van der Waals surface area contributed by atoms with Crippen molar-refractivity contribution in [3.63, 3.8) is 0 Å². The third kappa shape index (κ3) is 2.09. The Hall–Kier alpha value is -1.53. The number of nitrogens with zero attached hydrogens (tertiary/aromatic N) is 2. The van der Waals surface area contributed by atoms with E-state index in [2.05, 4.69) is 4.98 Å². The molecule has 2 heterocycles. The molecule has 1 aromatic heterocycles. The summed E-state index contributed by atoms with van der Waals surface area (Å²) in [6, 6.07) is 0. The van der Waals surface area contributed by atoms with E-state index in [1.165, 1.54) is 4.57 Å². The smallest absolute Gasteiger partial charge is 0.393 e. The van der Waals surface area contributed by atoms with Gasteiger partial charge in [0, 0.05) is 13.0 Å². The highest BCUT2D eigenvalue weighted by Gasteiger charge is 2.42. The van der Waals surface area contributed by atoms with E-state index in [0.717, 1.165) is 0 Å². The maximum absolute atomic E-state index is 12.7. The molecule has 0 bridgehead atoms. The molecule has 0 radical (unpaired) electrons. The van der Waals surface area contributed by atoms with Gasteiger partial charge in [-0.3, -0.25) is 0 Å². The van der Waals surface area contributed by atoms with Crippen LogP contribution in [0.25, 0.3) is 0 Å². The van der Waals surface area contributed by atoms with Gasteiger partial charge in [-0.05, 0) is 12.8 Å². The van der Waals surface area contributed by atoms with E-state index in [1.54, 1.807) is 6.92 Å². The number of fused-ring (bicyclic) bond motifs is 1. The molecule has 2 rings (SSSR count). The molecule has 4 nitrogen and oxygen atoms in total. The lowest BCUT2D eigenvalue weighted by molar-refractivity contribution is -0.182. The number of carboxylic acids is 1. The average Bonchev–Trinajstić information content (AvgIpc) is 2.64. The van der Waals surface area contributed by atoms with Crippen molar-refractivity contribution in [3.05, 3.63) is 17.2 Å². The lowest BCUT2D eigenvalue weighted by Gasteiger charge is -2.26. The Labute approximate surface area is 101 Å². The maximum Gasteiger partial charge on any atom is 0.393 e. The predicted molar refractivity (Wildman–Crippen MR) is 56.4 cm³/mol. The van der Waals surface area contributed by atoms with Crippen molar-refractivity contribution in [1.29, 1.82) is 0 Å². The molecule has 1 atom stereocenters. The molecular formula is C11H13F3N2O2. The summed E-state index contributed by atoms with van der Waals surface area (Å²) in [6.07, 6.45) is -3.74. The largest absolute Gasteiger partial charge is 0.477 e.